The van der Waals surface area contributed by atoms with E-state index in [0.717, 1.165) is 44.1 Å². The summed E-state index contributed by atoms with van der Waals surface area (Å²) in [4.78, 5) is 14.1. The van der Waals surface area contributed by atoms with Gasteiger partial charge in [0.05, 0.1) is 0 Å². The maximum Gasteiger partial charge on any atom is 0.254 e. The van der Waals surface area contributed by atoms with Crippen LogP contribution in [0.4, 0.5) is 8.78 Å². The molecule has 0 aliphatic carbocycles. The largest absolute Gasteiger partial charge is 0.336 e. The van der Waals surface area contributed by atoms with E-state index in [1.807, 2.05) is 6.92 Å². The number of hydrogen-bond donors (Lipinski definition) is 1. The molecule has 1 N–H and O–H groups in total. The molecule has 0 saturated carbocycles. The number of piperidine rings is 1. The first-order valence-corrected chi connectivity index (χ1v) is 6.59. The van der Waals surface area contributed by atoms with Gasteiger partial charge in [-0.05, 0) is 45.0 Å². The van der Waals surface area contributed by atoms with Crippen LogP contribution in [0.2, 0.25) is 0 Å². The van der Waals surface area contributed by atoms with Gasteiger partial charge in [-0.2, -0.15) is 0 Å². The minimum atomic E-state index is -0.718. The highest BCUT2D eigenvalue weighted by atomic mass is 19.1. The lowest BCUT2D eigenvalue weighted by Gasteiger charge is -2.34. The molecule has 0 radical (unpaired) electrons. The standard InChI is InChI=1S/C14H18F2N2O/c1-2-18(13-3-5-17-6-4-13)14(19)10-7-11(15)9-12(16)8-10/h7-9,13,17H,2-6H2,1H3. The van der Waals surface area contributed by atoms with Gasteiger partial charge in [0.15, 0.2) is 0 Å². The van der Waals surface area contributed by atoms with Crippen LogP contribution in [0.15, 0.2) is 18.2 Å². The molecule has 1 aromatic carbocycles. The van der Waals surface area contributed by atoms with Crippen molar-refractivity contribution in [1.82, 2.24) is 10.2 Å². The molecule has 1 aromatic rings. The molecule has 5 heteroatoms. The zero-order valence-corrected chi connectivity index (χ0v) is 11.0. The maximum atomic E-state index is 13.2. The Morgan fingerprint density at radius 1 is 1.26 bits per heavy atom. The molecule has 0 spiro atoms. The van der Waals surface area contributed by atoms with Gasteiger partial charge in [0.2, 0.25) is 0 Å². The lowest BCUT2D eigenvalue weighted by Crippen LogP contribution is -2.46. The molecule has 1 heterocycles. The molecule has 1 aliphatic heterocycles. The summed E-state index contributed by atoms with van der Waals surface area (Å²) >= 11 is 0. The van der Waals surface area contributed by atoms with E-state index >= 15 is 0 Å². The third-order valence-electron chi connectivity index (χ3n) is 3.46. The third kappa shape index (κ3) is 3.29. The minimum Gasteiger partial charge on any atom is -0.336 e. The number of amides is 1. The van der Waals surface area contributed by atoms with E-state index in [4.69, 9.17) is 0 Å². The summed E-state index contributed by atoms with van der Waals surface area (Å²) in [6.07, 6.45) is 1.74. The topological polar surface area (TPSA) is 32.3 Å². The van der Waals surface area contributed by atoms with Crippen molar-refractivity contribution in [1.29, 1.82) is 0 Å². The smallest absolute Gasteiger partial charge is 0.254 e. The first kappa shape index (κ1) is 13.9. The molecule has 2 rings (SSSR count). The number of benzene rings is 1. The van der Waals surface area contributed by atoms with E-state index < -0.39 is 11.6 Å². The third-order valence-corrected chi connectivity index (χ3v) is 3.46. The van der Waals surface area contributed by atoms with Gasteiger partial charge in [-0.1, -0.05) is 0 Å². The van der Waals surface area contributed by atoms with Crippen molar-refractivity contribution in [3.8, 4) is 0 Å². The number of halogens is 2. The van der Waals surface area contributed by atoms with Gasteiger partial charge >= 0.3 is 0 Å². The van der Waals surface area contributed by atoms with Gasteiger partial charge in [0.25, 0.3) is 5.91 Å². The van der Waals surface area contributed by atoms with E-state index in [2.05, 4.69) is 5.32 Å². The molecule has 104 valence electrons. The van der Waals surface area contributed by atoms with Crippen LogP contribution in [0.1, 0.15) is 30.1 Å². The quantitative estimate of drug-likeness (QED) is 0.911. The van der Waals surface area contributed by atoms with Crippen molar-refractivity contribution in [2.75, 3.05) is 19.6 Å². The number of hydrogen-bond acceptors (Lipinski definition) is 2. The van der Waals surface area contributed by atoms with Crippen molar-refractivity contribution in [3.63, 3.8) is 0 Å². The lowest BCUT2D eigenvalue weighted by molar-refractivity contribution is 0.0655. The Balaban J connectivity index is 2.19. The summed E-state index contributed by atoms with van der Waals surface area (Å²) in [6, 6.07) is 3.10. The van der Waals surface area contributed by atoms with Crippen molar-refractivity contribution in [3.05, 3.63) is 35.4 Å². The van der Waals surface area contributed by atoms with Crippen LogP contribution in [0, 0.1) is 11.6 Å². The second-order valence-electron chi connectivity index (χ2n) is 4.73. The Hall–Kier alpha value is -1.49. The Morgan fingerprint density at radius 3 is 2.37 bits per heavy atom. The Kier molecular flexibility index (Phi) is 4.47. The second-order valence-corrected chi connectivity index (χ2v) is 4.73. The van der Waals surface area contributed by atoms with E-state index in [0.29, 0.717) is 6.54 Å². The fraction of sp³-hybridized carbons (Fsp3) is 0.500. The van der Waals surface area contributed by atoms with E-state index in [1.54, 1.807) is 4.90 Å². The molecule has 0 unspecified atom stereocenters. The van der Waals surface area contributed by atoms with Gasteiger partial charge in [-0.3, -0.25) is 4.79 Å². The highest BCUT2D eigenvalue weighted by Gasteiger charge is 2.25. The van der Waals surface area contributed by atoms with E-state index in [-0.39, 0.29) is 17.5 Å². The number of nitrogens with one attached hydrogen (secondary N) is 1. The first-order valence-electron chi connectivity index (χ1n) is 6.59. The molecule has 1 saturated heterocycles. The minimum absolute atomic E-state index is 0.0814. The fourth-order valence-electron chi connectivity index (χ4n) is 2.53. The molecule has 0 aromatic heterocycles. The van der Waals surface area contributed by atoms with Crippen LogP contribution in [-0.4, -0.2) is 36.5 Å². The Morgan fingerprint density at radius 2 is 1.84 bits per heavy atom. The van der Waals surface area contributed by atoms with Gasteiger partial charge < -0.3 is 10.2 Å². The molecule has 3 nitrogen and oxygen atoms in total. The zero-order valence-electron chi connectivity index (χ0n) is 11.0. The highest BCUT2D eigenvalue weighted by molar-refractivity contribution is 5.94. The van der Waals surface area contributed by atoms with Gasteiger partial charge in [-0.25, -0.2) is 8.78 Å². The molecule has 1 fully saturated rings. The molecular weight excluding hydrogens is 250 g/mol. The number of carbonyl (C=O) groups excluding carboxylic acids is 1. The Labute approximate surface area is 111 Å². The molecular formula is C14H18F2N2O. The maximum absolute atomic E-state index is 13.2. The van der Waals surface area contributed by atoms with E-state index in [9.17, 15) is 13.6 Å². The predicted molar refractivity (Wildman–Crippen MR) is 69.0 cm³/mol. The van der Waals surface area contributed by atoms with Crippen LogP contribution in [0.5, 0.6) is 0 Å². The highest BCUT2D eigenvalue weighted by Crippen LogP contribution is 2.17. The number of carbonyl (C=O) groups is 1. The number of nitrogens with zero attached hydrogens (tertiary/aromatic N) is 1. The SMILES string of the molecule is CCN(C(=O)c1cc(F)cc(F)c1)C1CCNCC1. The summed E-state index contributed by atoms with van der Waals surface area (Å²) in [5.74, 6) is -1.73. The molecule has 1 aliphatic rings. The average molecular weight is 268 g/mol. The summed E-state index contributed by atoms with van der Waals surface area (Å²) in [5, 5.41) is 3.23. The average Bonchev–Trinajstić information content (AvgIpc) is 2.39. The predicted octanol–water partition coefficient (Wildman–Crippen LogP) is 2.18. The molecule has 19 heavy (non-hydrogen) atoms. The lowest BCUT2D eigenvalue weighted by atomic mass is 10.0. The van der Waals surface area contributed by atoms with Crippen molar-refractivity contribution < 1.29 is 13.6 Å². The molecule has 1 amide bonds. The van der Waals surface area contributed by atoms with Crippen LogP contribution < -0.4 is 5.32 Å². The molecule has 0 atom stereocenters. The number of rotatable bonds is 3. The second kappa shape index (κ2) is 6.10. The summed E-state index contributed by atoms with van der Waals surface area (Å²) < 4.78 is 26.4. The summed E-state index contributed by atoms with van der Waals surface area (Å²) in [5.41, 5.74) is 0.0814. The normalized spacial score (nSPS) is 16.4. The summed E-state index contributed by atoms with van der Waals surface area (Å²) in [7, 11) is 0. The fourth-order valence-corrected chi connectivity index (χ4v) is 2.53. The first-order chi connectivity index (χ1) is 9.11. The van der Waals surface area contributed by atoms with Crippen LogP contribution in [0.3, 0.4) is 0 Å². The van der Waals surface area contributed by atoms with Gasteiger partial charge in [-0.15, -0.1) is 0 Å². The van der Waals surface area contributed by atoms with Gasteiger partial charge in [0.1, 0.15) is 11.6 Å². The van der Waals surface area contributed by atoms with Crippen molar-refractivity contribution in [2.45, 2.75) is 25.8 Å². The Bertz CT molecular complexity index is 439. The van der Waals surface area contributed by atoms with Gasteiger partial charge in [0, 0.05) is 24.2 Å². The monoisotopic (exact) mass is 268 g/mol. The van der Waals surface area contributed by atoms with Crippen molar-refractivity contribution in [2.24, 2.45) is 0 Å². The molecule has 0 bridgehead atoms. The van der Waals surface area contributed by atoms with Crippen LogP contribution in [-0.2, 0) is 0 Å². The van der Waals surface area contributed by atoms with E-state index in [1.165, 1.54) is 0 Å². The zero-order chi connectivity index (χ0) is 13.8. The van der Waals surface area contributed by atoms with Crippen molar-refractivity contribution >= 4 is 5.91 Å². The van der Waals surface area contributed by atoms with Crippen LogP contribution in [0.25, 0.3) is 0 Å². The van der Waals surface area contributed by atoms with Crippen LogP contribution >= 0.6 is 0 Å². The summed E-state index contributed by atoms with van der Waals surface area (Å²) in [6.45, 7) is 4.16.